The molecular formula is C66H134N18O9. The summed E-state index contributed by atoms with van der Waals surface area (Å²) in [6.07, 6.45) is 14.1. The highest BCUT2D eigenvalue weighted by atomic mass is 16.2. The van der Waals surface area contributed by atoms with Crippen molar-refractivity contribution in [3.05, 3.63) is 0 Å². The number of hydrogen-bond acceptors (Lipinski definition) is 19. The van der Waals surface area contributed by atoms with E-state index in [-0.39, 0.29) is 38.5 Å². The number of unbranched alkanes of at least 4 members (excludes halogenated alkanes) is 9. The lowest BCUT2D eigenvalue weighted by Crippen LogP contribution is -2.60. The fourth-order valence-corrected chi connectivity index (χ4v) is 10.6. The van der Waals surface area contributed by atoms with Gasteiger partial charge in [-0.05, 0) is 310 Å². The Balaban J connectivity index is 7.35. The average molecular weight is 1320 g/mol. The normalized spacial score (nSPS) is 14.6. The van der Waals surface area contributed by atoms with Crippen molar-refractivity contribution < 1.29 is 43.2 Å². The first-order chi connectivity index (χ1) is 44.2. The smallest absolute Gasteiger partial charge is 0.243 e. The van der Waals surface area contributed by atoms with Crippen molar-refractivity contribution in [3.8, 4) is 0 Å². The van der Waals surface area contributed by atoms with Crippen LogP contribution in [0.25, 0.3) is 0 Å². The van der Waals surface area contributed by atoms with Crippen molar-refractivity contribution in [2.75, 3.05) is 143 Å². The van der Waals surface area contributed by atoms with Gasteiger partial charge in [-0.25, -0.2) is 0 Å². The molecule has 0 aromatic carbocycles. The topological polar surface area (TPSA) is 373 Å². The Labute approximate surface area is 560 Å². The van der Waals surface area contributed by atoms with E-state index in [2.05, 4.69) is 47.4 Å². The van der Waals surface area contributed by atoms with Gasteiger partial charge in [-0.2, -0.15) is 0 Å². The molecule has 0 aliphatic rings. The number of aldehydes is 1. The molecular weight excluding hydrogens is 1190 g/mol. The van der Waals surface area contributed by atoms with Crippen LogP contribution in [0.5, 0.6) is 0 Å². The summed E-state index contributed by atoms with van der Waals surface area (Å²) < 4.78 is 0. The van der Waals surface area contributed by atoms with Crippen LogP contribution in [0, 0.1) is 0 Å². The summed E-state index contributed by atoms with van der Waals surface area (Å²) in [5.41, 5.74) is 23.9. The number of amides is 8. The van der Waals surface area contributed by atoms with Gasteiger partial charge in [0, 0.05) is 0 Å². The molecule has 0 aromatic rings. The fourth-order valence-electron chi connectivity index (χ4n) is 10.6. The third-order valence-corrected chi connectivity index (χ3v) is 16.2. The summed E-state index contributed by atoms with van der Waals surface area (Å²) in [5, 5.41) is 23.3. The van der Waals surface area contributed by atoms with Crippen molar-refractivity contribution in [3.63, 3.8) is 0 Å². The highest BCUT2D eigenvalue weighted by Gasteiger charge is 2.35. The molecule has 16 N–H and O–H groups in total. The van der Waals surface area contributed by atoms with Gasteiger partial charge in [0.2, 0.25) is 47.3 Å². The van der Waals surface area contributed by atoms with Crippen LogP contribution >= 0.6 is 0 Å². The quantitative estimate of drug-likeness (QED) is 0.0285. The predicted molar refractivity (Wildman–Crippen MR) is 373 cm³/mol. The van der Waals surface area contributed by atoms with Gasteiger partial charge in [-0.1, -0.05) is 6.42 Å². The van der Waals surface area contributed by atoms with Gasteiger partial charge in [0.25, 0.3) is 0 Å². The third kappa shape index (κ3) is 45.2. The molecule has 0 saturated heterocycles. The van der Waals surface area contributed by atoms with E-state index in [0.717, 1.165) is 51.9 Å². The molecule has 0 radical (unpaired) electrons. The Bertz CT molecular complexity index is 2060. The Morgan fingerprint density at radius 2 is 0.452 bits per heavy atom. The molecule has 0 aliphatic carbocycles. The summed E-state index contributed by atoms with van der Waals surface area (Å²) in [6.45, 7) is 5.59. The van der Waals surface area contributed by atoms with Crippen LogP contribution in [0.15, 0.2) is 0 Å². The highest BCUT2D eigenvalue weighted by Crippen LogP contribution is 2.14. The zero-order valence-electron chi connectivity index (χ0n) is 59.9. The molecule has 542 valence electrons. The van der Waals surface area contributed by atoms with Gasteiger partial charge in [0.05, 0.1) is 12.1 Å². The lowest BCUT2D eigenvalue weighted by Gasteiger charge is -2.28. The van der Waals surface area contributed by atoms with Crippen molar-refractivity contribution in [1.82, 2.24) is 71.9 Å². The molecule has 0 spiro atoms. The van der Waals surface area contributed by atoms with E-state index < -0.39 is 102 Å². The number of nitrogens with one attached hydrogen (secondary N) is 8. The predicted octanol–water partition coefficient (Wildman–Crippen LogP) is 0.169. The minimum absolute atomic E-state index is 0.144. The van der Waals surface area contributed by atoms with Crippen LogP contribution in [-0.2, 0) is 43.2 Å². The first kappa shape index (κ1) is 88.0. The van der Waals surface area contributed by atoms with E-state index in [1.807, 2.05) is 109 Å². The zero-order valence-corrected chi connectivity index (χ0v) is 59.9. The molecule has 0 fully saturated rings. The maximum Gasteiger partial charge on any atom is 0.243 e. The second-order valence-corrected chi connectivity index (χ2v) is 26.9. The second kappa shape index (κ2) is 54.2. The lowest BCUT2D eigenvalue weighted by molar-refractivity contribution is -0.136. The number of nitrogens with two attached hydrogens (primary N) is 4. The van der Waals surface area contributed by atoms with Crippen LogP contribution in [-0.4, -0.2) is 281 Å². The Morgan fingerprint density at radius 3 is 0.656 bits per heavy atom. The van der Waals surface area contributed by atoms with E-state index >= 15 is 0 Å². The first-order valence-corrected chi connectivity index (χ1v) is 34.8. The molecule has 0 saturated carbocycles. The Morgan fingerprint density at radius 1 is 0.269 bits per heavy atom. The number of carbonyl (C=O) groups excluding carboxylic acids is 9. The number of carbonyl (C=O) groups is 9. The van der Waals surface area contributed by atoms with E-state index in [1.54, 1.807) is 0 Å². The van der Waals surface area contributed by atoms with Crippen LogP contribution in [0.4, 0.5) is 0 Å². The average Bonchev–Trinajstić information content (AvgIpc) is 1.01. The van der Waals surface area contributed by atoms with E-state index in [0.29, 0.717) is 148 Å². The van der Waals surface area contributed by atoms with Gasteiger partial charge in [0.15, 0.2) is 0 Å². The minimum Gasteiger partial charge on any atom is -0.345 e. The van der Waals surface area contributed by atoms with Gasteiger partial charge in [0.1, 0.15) is 48.6 Å². The van der Waals surface area contributed by atoms with Gasteiger partial charge < -0.3 is 99.7 Å². The monoisotopic (exact) mass is 1320 g/mol. The van der Waals surface area contributed by atoms with E-state index in [9.17, 15) is 43.2 Å². The molecule has 0 bridgehead atoms. The van der Waals surface area contributed by atoms with Crippen molar-refractivity contribution in [2.45, 2.75) is 228 Å². The molecule has 8 amide bonds. The molecule has 0 aromatic heterocycles. The van der Waals surface area contributed by atoms with E-state index in [4.69, 9.17) is 22.9 Å². The molecule has 0 aliphatic heterocycles. The summed E-state index contributed by atoms with van der Waals surface area (Å²) in [7, 11) is 23.4. The van der Waals surface area contributed by atoms with Crippen LogP contribution in [0.2, 0.25) is 0 Å². The van der Waals surface area contributed by atoms with Crippen molar-refractivity contribution in [2.24, 2.45) is 22.9 Å². The summed E-state index contributed by atoms with van der Waals surface area (Å²) in [5.74, 6) is -4.64. The molecule has 27 nitrogen and oxygen atoms in total. The highest BCUT2D eigenvalue weighted by molar-refractivity contribution is 5.98. The third-order valence-electron chi connectivity index (χ3n) is 16.2. The fraction of sp³-hybridized carbons (Fsp3) is 0.864. The lowest BCUT2D eigenvalue weighted by atomic mass is 10.0. The Hall–Kier alpha value is -4.97. The Kier molecular flexibility index (Phi) is 51.3. The summed E-state index contributed by atoms with van der Waals surface area (Å²) in [4.78, 5) is 140. The molecule has 0 heterocycles. The first-order valence-electron chi connectivity index (χ1n) is 34.8. The van der Waals surface area contributed by atoms with Gasteiger partial charge >= 0.3 is 0 Å². The molecule has 0 rings (SSSR count). The van der Waals surface area contributed by atoms with Crippen LogP contribution in [0.3, 0.4) is 0 Å². The number of nitrogens with zero attached hydrogens (tertiary/aromatic N) is 6. The molecule has 93 heavy (non-hydrogen) atoms. The maximum atomic E-state index is 14.9. The minimum atomic E-state index is -1.18. The van der Waals surface area contributed by atoms with E-state index in [1.165, 1.54) is 0 Å². The summed E-state index contributed by atoms with van der Waals surface area (Å²) in [6, 6.07) is -9.40. The molecule has 0 unspecified atom stereocenters. The second-order valence-electron chi connectivity index (χ2n) is 26.9. The van der Waals surface area contributed by atoms with Crippen LogP contribution < -0.4 is 65.5 Å². The number of hydrogen-bond donors (Lipinski definition) is 12. The molecule has 9 atom stereocenters. The number of rotatable bonds is 59. The van der Waals surface area contributed by atoms with Gasteiger partial charge in [-0.15, -0.1) is 0 Å². The maximum absolute atomic E-state index is 14.9. The zero-order chi connectivity index (χ0) is 70.1. The standard InChI is InChI=1S/C66H134N18O9/c1-79(2)43-25-16-32-51(70)59(86)72-53(36-18-27-45-81(5)6)61(88)74-54(33-14-23-41-68)62(89)77-58(39-21-30-48-84(11)12)66(93)78-57(38-20-29-47-83(9)10)65(92)75-55(34-15-24-42-69)63(90)76-56(37-19-28-46-82(7)8)64(91)73-52(35-17-26-44-80(3)4)60(87)71-50(49-85)31-13-22-40-67/h49-58H,13-48,67-70H2,1-12H3,(H,71,87)(H,72,86)(H,73,91)(H,74,88)(H,75,92)(H,76,90)(H,77,89)(H,78,93)/t50-,51-,52-,53-,54-,55-,56-,57-,58-/m0/s1. The summed E-state index contributed by atoms with van der Waals surface area (Å²) >= 11 is 0. The van der Waals surface area contributed by atoms with Crippen molar-refractivity contribution >= 4 is 53.5 Å². The SMILES string of the molecule is CN(C)CCCC[C@H](NC(=O)[C@H](CCCCN(C)C)NC(=O)[C@H](CCCCN)NC(=O)[C@H](CCCCN(C)C)NC(=O)[C@H](CCCCN(C)C)NC(=O)[C@H](CCCCN)NC(=O)[C@H](CCCCN(C)C)NC(=O)[C@@H](N)CCCCN(C)C)C(=O)N[C@H](C=O)CCCCN. The van der Waals surface area contributed by atoms with Crippen molar-refractivity contribution in [1.29, 1.82) is 0 Å². The largest absolute Gasteiger partial charge is 0.345 e. The molecule has 27 heteroatoms. The van der Waals surface area contributed by atoms with Crippen LogP contribution in [0.1, 0.15) is 173 Å². The van der Waals surface area contributed by atoms with Gasteiger partial charge in [-0.3, -0.25) is 38.4 Å².